The van der Waals surface area contributed by atoms with E-state index in [0.29, 0.717) is 0 Å². The molecule has 5 nitrogen and oxygen atoms in total. The van der Waals surface area contributed by atoms with Gasteiger partial charge in [0.05, 0.1) is 6.04 Å². The maximum absolute atomic E-state index is 11.9. The lowest BCUT2D eigenvalue weighted by atomic mass is 10.0. The number of thiophene rings is 1. The van der Waals surface area contributed by atoms with Gasteiger partial charge in [0, 0.05) is 32.1 Å². The highest BCUT2D eigenvalue weighted by Crippen LogP contribution is 2.41. The molecule has 25 heavy (non-hydrogen) atoms. The fraction of sp³-hybridized carbons (Fsp3) is 0.667. The molecule has 2 unspecified atom stereocenters. The van der Waals surface area contributed by atoms with Gasteiger partial charge < -0.3 is 15.1 Å². The second-order valence-electron chi connectivity index (χ2n) is 7.14. The van der Waals surface area contributed by atoms with Crippen LogP contribution in [0.15, 0.2) is 22.5 Å². The minimum Gasteiger partial charge on any atom is -0.349 e. The zero-order chi connectivity index (χ0) is 17.1. The Kier molecular flexibility index (Phi) is 7.54. The molecule has 2 atom stereocenters. The van der Waals surface area contributed by atoms with Crippen LogP contribution in [0.4, 0.5) is 0 Å². The second-order valence-corrected chi connectivity index (χ2v) is 8.12. The lowest BCUT2D eigenvalue weighted by molar-refractivity contribution is -0.127. The minimum atomic E-state index is 0. The van der Waals surface area contributed by atoms with Gasteiger partial charge >= 0.3 is 0 Å². The summed E-state index contributed by atoms with van der Waals surface area (Å²) in [5.41, 5.74) is 0. The number of nitrogens with one attached hydrogen (secondary N) is 1. The van der Waals surface area contributed by atoms with Crippen molar-refractivity contribution in [3.8, 4) is 0 Å². The molecule has 140 valence electrons. The lowest BCUT2D eigenvalue weighted by Gasteiger charge is -2.25. The highest BCUT2D eigenvalue weighted by Gasteiger charge is 2.37. The third kappa shape index (κ3) is 5.57. The number of halogens is 1. The van der Waals surface area contributed by atoms with Crippen molar-refractivity contribution in [2.45, 2.75) is 32.2 Å². The number of hydrogen-bond acceptors (Lipinski definition) is 3. The molecule has 0 spiro atoms. The Morgan fingerprint density at radius 2 is 2.16 bits per heavy atom. The number of carbonyl (C=O) groups is 1. The van der Waals surface area contributed by atoms with Gasteiger partial charge in [-0.1, -0.05) is 6.07 Å². The summed E-state index contributed by atoms with van der Waals surface area (Å²) in [6, 6.07) is 4.42. The predicted octanol–water partition coefficient (Wildman–Crippen LogP) is 3.19. The van der Waals surface area contributed by atoms with Crippen molar-refractivity contribution in [1.82, 2.24) is 15.1 Å². The van der Waals surface area contributed by atoms with E-state index >= 15 is 0 Å². The average Bonchev–Trinajstić information content (AvgIpc) is 3.07. The van der Waals surface area contributed by atoms with Gasteiger partial charge in [-0.25, -0.2) is 4.99 Å². The van der Waals surface area contributed by atoms with Crippen LogP contribution in [-0.4, -0.2) is 55.4 Å². The van der Waals surface area contributed by atoms with Crippen molar-refractivity contribution in [1.29, 1.82) is 0 Å². The standard InChI is InChI=1S/C18H28N4OS.HI/c1-13(16-5-4-10-24-16)20-18(19-11-17(23)21(2)3)22-9-8-15(12-22)14-6-7-14;/h4-5,10,13-15H,6-9,11-12H2,1-3H3,(H,19,20);1H. The first-order valence-electron chi connectivity index (χ1n) is 8.84. The van der Waals surface area contributed by atoms with Crippen molar-refractivity contribution < 1.29 is 4.79 Å². The van der Waals surface area contributed by atoms with Crippen molar-refractivity contribution >= 4 is 47.2 Å². The van der Waals surface area contributed by atoms with Crippen molar-refractivity contribution in [2.75, 3.05) is 33.7 Å². The van der Waals surface area contributed by atoms with Crippen molar-refractivity contribution in [2.24, 2.45) is 16.8 Å². The largest absolute Gasteiger partial charge is 0.349 e. The number of rotatable bonds is 5. The average molecular weight is 476 g/mol. The number of carbonyl (C=O) groups excluding carboxylic acids is 1. The van der Waals surface area contributed by atoms with Gasteiger partial charge in [-0.2, -0.15) is 0 Å². The Morgan fingerprint density at radius 1 is 1.40 bits per heavy atom. The van der Waals surface area contributed by atoms with Crippen molar-refractivity contribution in [3.05, 3.63) is 22.4 Å². The van der Waals surface area contributed by atoms with E-state index in [1.807, 2.05) is 0 Å². The third-order valence-electron chi connectivity index (χ3n) is 4.99. The Balaban J connectivity index is 0.00000225. The number of hydrogen-bond donors (Lipinski definition) is 1. The van der Waals surface area contributed by atoms with Crippen LogP contribution in [0.2, 0.25) is 0 Å². The first-order chi connectivity index (χ1) is 11.5. The molecule has 1 saturated heterocycles. The monoisotopic (exact) mass is 476 g/mol. The molecule has 1 aliphatic heterocycles. The molecule has 2 aliphatic rings. The summed E-state index contributed by atoms with van der Waals surface area (Å²) in [4.78, 5) is 21.8. The van der Waals surface area contributed by atoms with Gasteiger partial charge in [0.2, 0.25) is 5.91 Å². The van der Waals surface area contributed by atoms with Gasteiger partial charge in [-0.3, -0.25) is 4.79 Å². The van der Waals surface area contributed by atoms with Crippen LogP contribution in [0, 0.1) is 11.8 Å². The lowest BCUT2D eigenvalue weighted by Crippen LogP contribution is -2.42. The SMILES string of the molecule is CC(NC(=NCC(=O)N(C)C)N1CCC(C2CC2)C1)c1cccs1.I. The third-order valence-corrected chi connectivity index (χ3v) is 6.05. The van der Waals surface area contributed by atoms with E-state index in [4.69, 9.17) is 0 Å². The molecule has 0 radical (unpaired) electrons. The summed E-state index contributed by atoms with van der Waals surface area (Å²) < 4.78 is 0. The summed E-state index contributed by atoms with van der Waals surface area (Å²) in [6.07, 6.45) is 4.03. The van der Waals surface area contributed by atoms with Crippen LogP contribution in [0.1, 0.15) is 37.1 Å². The molecule has 1 aromatic rings. The summed E-state index contributed by atoms with van der Waals surface area (Å²) in [6.45, 7) is 4.48. The Hall–Kier alpha value is -0.830. The quantitative estimate of drug-likeness (QED) is 0.404. The van der Waals surface area contributed by atoms with Crippen LogP contribution in [0.5, 0.6) is 0 Å². The summed E-state index contributed by atoms with van der Waals surface area (Å²) in [5.74, 6) is 2.65. The van der Waals surface area contributed by atoms with Crippen molar-refractivity contribution in [3.63, 3.8) is 0 Å². The molecular weight excluding hydrogens is 447 g/mol. The van der Waals surface area contributed by atoms with E-state index in [9.17, 15) is 4.79 Å². The molecule has 1 amide bonds. The fourth-order valence-electron chi connectivity index (χ4n) is 3.26. The second kappa shape index (κ2) is 9.21. The zero-order valence-corrected chi connectivity index (χ0v) is 18.4. The van der Waals surface area contributed by atoms with E-state index < -0.39 is 0 Å². The molecule has 1 saturated carbocycles. The smallest absolute Gasteiger partial charge is 0.243 e. The summed E-state index contributed by atoms with van der Waals surface area (Å²) in [7, 11) is 3.55. The maximum atomic E-state index is 11.9. The van der Waals surface area contributed by atoms with Gasteiger partial charge in [-0.05, 0) is 49.5 Å². The van der Waals surface area contributed by atoms with Gasteiger partial charge in [0.1, 0.15) is 6.54 Å². The molecule has 2 fully saturated rings. The molecule has 1 aromatic heterocycles. The van der Waals surface area contributed by atoms with Crippen LogP contribution in [-0.2, 0) is 4.79 Å². The molecule has 7 heteroatoms. The number of nitrogens with zero attached hydrogens (tertiary/aromatic N) is 3. The van der Waals surface area contributed by atoms with Gasteiger partial charge in [0.15, 0.2) is 5.96 Å². The summed E-state index contributed by atoms with van der Waals surface area (Å²) in [5, 5.41) is 5.65. The molecule has 3 rings (SSSR count). The maximum Gasteiger partial charge on any atom is 0.243 e. The first kappa shape index (κ1) is 20.5. The van der Waals surface area contributed by atoms with E-state index in [2.05, 4.69) is 39.6 Å². The molecule has 1 aliphatic carbocycles. The highest BCUT2D eigenvalue weighted by atomic mass is 127. The Labute approximate surface area is 171 Å². The van der Waals surface area contributed by atoms with Gasteiger partial charge in [0.25, 0.3) is 0 Å². The zero-order valence-electron chi connectivity index (χ0n) is 15.3. The Morgan fingerprint density at radius 3 is 2.76 bits per heavy atom. The normalized spacial score (nSPS) is 21.6. The number of aliphatic imine (C=N–C) groups is 1. The molecule has 1 N–H and O–H groups in total. The molecule has 0 aromatic carbocycles. The van der Waals surface area contributed by atoms with E-state index in [1.165, 1.54) is 24.1 Å². The number of likely N-dealkylation sites (tertiary alicyclic amines) is 1. The topological polar surface area (TPSA) is 47.9 Å². The minimum absolute atomic E-state index is 0. The van der Waals surface area contributed by atoms with E-state index in [-0.39, 0.29) is 42.5 Å². The first-order valence-corrected chi connectivity index (χ1v) is 9.72. The Bertz CT molecular complexity index is 586. The highest BCUT2D eigenvalue weighted by molar-refractivity contribution is 14.0. The molecule has 2 heterocycles. The number of likely N-dealkylation sites (N-methyl/N-ethyl adjacent to an activating group) is 1. The van der Waals surface area contributed by atoms with Crippen LogP contribution in [0.25, 0.3) is 0 Å². The van der Waals surface area contributed by atoms with Gasteiger partial charge in [-0.15, -0.1) is 35.3 Å². The molecular formula is C18H29IN4OS. The summed E-state index contributed by atoms with van der Waals surface area (Å²) >= 11 is 1.75. The van der Waals surface area contributed by atoms with E-state index in [0.717, 1.165) is 30.9 Å². The number of amides is 1. The van der Waals surface area contributed by atoms with Crippen LogP contribution >= 0.6 is 35.3 Å². The predicted molar refractivity (Wildman–Crippen MR) is 115 cm³/mol. The van der Waals surface area contributed by atoms with E-state index in [1.54, 1.807) is 30.3 Å². The number of guanidine groups is 1. The van der Waals surface area contributed by atoms with Crippen LogP contribution in [0.3, 0.4) is 0 Å². The van der Waals surface area contributed by atoms with Crippen LogP contribution < -0.4 is 5.32 Å². The molecule has 0 bridgehead atoms. The fourth-order valence-corrected chi connectivity index (χ4v) is 3.99.